The standard InChI is InChI=1S/C14H17F2NO/c1-2-14(7-6-12(18)17-14)9-10-4-3-5-11(8-10)13(15)16/h3-5,8,13H,2,6-7,9H2,1H3,(H,17,18). The number of hydrogen-bond acceptors (Lipinski definition) is 1. The lowest BCUT2D eigenvalue weighted by Crippen LogP contribution is -2.42. The van der Waals surface area contributed by atoms with Crippen molar-refractivity contribution in [3.8, 4) is 0 Å². The Labute approximate surface area is 105 Å². The Morgan fingerprint density at radius 1 is 1.44 bits per heavy atom. The first-order chi connectivity index (χ1) is 8.54. The van der Waals surface area contributed by atoms with Crippen molar-refractivity contribution in [3.05, 3.63) is 35.4 Å². The molecular formula is C14H17F2NO. The van der Waals surface area contributed by atoms with Crippen molar-refractivity contribution in [3.63, 3.8) is 0 Å². The number of amides is 1. The van der Waals surface area contributed by atoms with E-state index in [1.54, 1.807) is 6.07 Å². The van der Waals surface area contributed by atoms with E-state index in [-0.39, 0.29) is 17.0 Å². The van der Waals surface area contributed by atoms with Crippen LogP contribution in [0, 0.1) is 0 Å². The van der Waals surface area contributed by atoms with Gasteiger partial charge in [0, 0.05) is 17.5 Å². The summed E-state index contributed by atoms with van der Waals surface area (Å²) in [5, 5.41) is 2.99. The minimum Gasteiger partial charge on any atom is -0.350 e. The van der Waals surface area contributed by atoms with Gasteiger partial charge >= 0.3 is 0 Å². The lowest BCUT2D eigenvalue weighted by atomic mass is 9.86. The van der Waals surface area contributed by atoms with Gasteiger partial charge in [0.05, 0.1) is 0 Å². The molecule has 1 aliphatic rings. The van der Waals surface area contributed by atoms with Crippen molar-refractivity contribution < 1.29 is 13.6 Å². The zero-order chi connectivity index (χ0) is 13.2. The molecule has 1 aliphatic heterocycles. The summed E-state index contributed by atoms with van der Waals surface area (Å²) in [7, 11) is 0. The van der Waals surface area contributed by atoms with Crippen LogP contribution in [0.3, 0.4) is 0 Å². The van der Waals surface area contributed by atoms with Gasteiger partial charge in [-0.25, -0.2) is 8.78 Å². The van der Waals surface area contributed by atoms with Gasteiger partial charge < -0.3 is 5.32 Å². The monoisotopic (exact) mass is 253 g/mol. The van der Waals surface area contributed by atoms with E-state index in [1.165, 1.54) is 12.1 Å². The van der Waals surface area contributed by atoms with Gasteiger partial charge in [0.1, 0.15) is 0 Å². The van der Waals surface area contributed by atoms with E-state index >= 15 is 0 Å². The van der Waals surface area contributed by atoms with Crippen LogP contribution in [0.25, 0.3) is 0 Å². The third-order valence-electron chi connectivity index (χ3n) is 3.66. The smallest absolute Gasteiger partial charge is 0.263 e. The van der Waals surface area contributed by atoms with Crippen LogP contribution in [0.1, 0.15) is 43.7 Å². The molecule has 1 heterocycles. The van der Waals surface area contributed by atoms with E-state index in [9.17, 15) is 13.6 Å². The van der Waals surface area contributed by atoms with Gasteiger partial charge in [0.2, 0.25) is 5.91 Å². The molecule has 0 radical (unpaired) electrons. The van der Waals surface area contributed by atoms with E-state index < -0.39 is 6.43 Å². The molecule has 2 nitrogen and oxygen atoms in total. The Hall–Kier alpha value is -1.45. The highest BCUT2D eigenvalue weighted by molar-refractivity contribution is 5.79. The summed E-state index contributed by atoms with van der Waals surface area (Å²) in [5.41, 5.74) is 0.651. The molecule has 1 aromatic carbocycles. The van der Waals surface area contributed by atoms with Gasteiger partial charge in [-0.1, -0.05) is 31.2 Å². The van der Waals surface area contributed by atoms with Crippen LogP contribution < -0.4 is 5.32 Å². The summed E-state index contributed by atoms with van der Waals surface area (Å²) in [5.74, 6) is 0.0573. The van der Waals surface area contributed by atoms with Crippen molar-refractivity contribution in [1.29, 1.82) is 0 Å². The molecule has 2 rings (SSSR count). The lowest BCUT2D eigenvalue weighted by molar-refractivity contribution is -0.119. The SMILES string of the molecule is CCC1(Cc2cccc(C(F)F)c2)CCC(=O)N1. The normalized spacial score (nSPS) is 23.4. The van der Waals surface area contributed by atoms with Crippen LogP contribution in [0.5, 0.6) is 0 Å². The molecule has 1 fully saturated rings. The van der Waals surface area contributed by atoms with E-state index in [2.05, 4.69) is 5.32 Å². The van der Waals surface area contributed by atoms with Crippen LogP contribution in [-0.2, 0) is 11.2 Å². The van der Waals surface area contributed by atoms with Crippen molar-refractivity contribution in [2.24, 2.45) is 0 Å². The Bertz CT molecular complexity index is 447. The average molecular weight is 253 g/mol. The van der Waals surface area contributed by atoms with E-state index in [1.807, 2.05) is 13.0 Å². The molecule has 1 saturated heterocycles. The predicted molar refractivity (Wildman–Crippen MR) is 65.5 cm³/mol. The molecule has 0 saturated carbocycles. The van der Waals surface area contributed by atoms with Gasteiger partial charge in [-0.2, -0.15) is 0 Å². The number of hydrogen-bond donors (Lipinski definition) is 1. The summed E-state index contributed by atoms with van der Waals surface area (Å²) in [6, 6.07) is 6.46. The molecule has 0 bridgehead atoms. The maximum Gasteiger partial charge on any atom is 0.263 e. The van der Waals surface area contributed by atoms with Gasteiger partial charge in [-0.15, -0.1) is 0 Å². The van der Waals surface area contributed by atoms with Gasteiger partial charge in [-0.05, 0) is 24.8 Å². The second-order valence-electron chi connectivity index (χ2n) is 4.90. The highest BCUT2D eigenvalue weighted by atomic mass is 19.3. The minimum absolute atomic E-state index is 0.0445. The van der Waals surface area contributed by atoms with E-state index in [0.29, 0.717) is 12.8 Å². The van der Waals surface area contributed by atoms with Crippen LogP contribution >= 0.6 is 0 Å². The van der Waals surface area contributed by atoms with E-state index in [4.69, 9.17) is 0 Å². The molecule has 98 valence electrons. The summed E-state index contributed by atoms with van der Waals surface area (Å²) in [4.78, 5) is 11.4. The largest absolute Gasteiger partial charge is 0.350 e. The zero-order valence-electron chi connectivity index (χ0n) is 10.4. The molecule has 1 N–H and O–H groups in total. The fraction of sp³-hybridized carbons (Fsp3) is 0.500. The first-order valence-electron chi connectivity index (χ1n) is 6.23. The first-order valence-corrected chi connectivity index (χ1v) is 6.23. The van der Waals surface area contributed by atoms with Crippen LogP contribution in [0.2, 0.25) is 0 Å². The highest BCUT2D eigenvalue weighted by Crippen LogP contribution is 2.29. The first kappa shape index (κ1) is 13.0. The van der Waals surface area contributed by atoms with Crippen molar-refractivity contribution in [1.82, 2.24) is 5.32 Å². The van der Waals surface area contributed by atoms with Crippen molar-refractivity contribution in [2.45, 2.75) is 44.6 Å². The summed E-state index contributed by atoms with van der Waals surface area (Å²) >= 11 is 0. The number of carbonyl (C=O) groups excluding carboxylic acids is 1. The third-order valence-corrected chi connectivity index (χ3v) is 3.66. The Morgan fingerprint density at radius 3 is 2.78 bits per heavy atom. The molecule has 0 spiro atoms. The maximum atomic E-state index is 12.6. The molecule has 1 unspecified atom stereocenters. The van der Waals surface area contributed by atoms with Crippen LogP contribution in [0.4, 0.5) is 8.78 Å². The number of halogens is 2. The Morgan fingerprint density at radius 2 is 2.22 bits per heavy atom. The number of nitrogens with one attached hydrogen (secondary N) is 1. The van der Waals surface area contributed by atoms with Crippen molar-refractivity contribution in [2.75, 3.05) is 0 Å². The molecule has 1 amide bonds. The quantitative estimate of drug-likeness (QED) is 0.877. The summed E-state index contributed by atoms with van der Waals surface area (Å²) in [6.07, 6.45) is 0.303. The summed E-state index contributed by atoms with van der Waals surface area (Å²) < 4.78 is 25.3. The van der Waals surface area contributed by atoms with Crippen molar-refractivity contribution >= 4 is 5.91 Å². The van der Waals surface area contributed by atoms with Gasteiger partial charge in [0.15, 0.2) is 0 Å². The topological polar surface area (TPSA) is 29.1 Å². The Kier molecular flexibility index (Phi) is 3.64. The Balaban J connectivity index is 2.17. The highest BCUT2D eigenvalue weighted by Gasteiger charge is 2.35. The molecule has 1 atom stereocenters. The number of rotatable bonds is 4. The van der Waals surface area contributed by atoms with Crippen LogP contribution in [-0.4, -0.2) is 11.4 Å². The van der Waals surface area contributed by atoms with Crippen LogP contribution in [0.15, 0.2) is 24.3 Å². The number of carbonyl (C=O) groups is 1. The minimum atomic E-state index is -2.44. The maximum absolute atomic E-state index is 12.6. The molecule has 4 heteroatoms. The number of alkyl halides is 2. The number of benzene rings is 1. The summed E-state index contributed by atoms with van der Waals surface area (Å²) in [6.45, 7) is 2.02. The second kappa shape index (κ2) is 5.04. The lowest BCUT2D eigenvalue weighted by Gasteiger charge is -2.28. The van der Waals surface area contributed by atoms with Gasteiger partial charge in [-0.3, -0.25) is 4.79 Å². The average Bonchev–Trinajstić information content (AvgIpc) is 2.72. The fourth-order valence-corrected chi connectivity index (χ4v) is 2.53. The molecule has 0 aromatic heterocycles. The molecular weight excluding hydrogens is 236 g/mol. The second-order valence-corrected chi connectivity index (χ2v) is 4.90. The van der Waals surface area contributed by atoms with E-state index in [0.717, 1.165) is 18.4 Å². The molecule has 0 aliphatic carbocycles. The zero-order valence-corrected chi connectivity index (χ0v) is 10.4. The predicted octanol–water partition coefficient (Wildman–Crippen LogP) is 3.23. The third kappa shape index (κ3) is 2.68. The van der Waals surface area contributed by atoms with Gasteiger partial charge in [0.25, 0.3) is 6.43 Å². The molecule has 18 heavy (non-hydrogen) atoms. The molecule has 1 aromatic rings. The fourth-order valence-electron chi connectivity index (χ4n) is 2.53.